The lowest BCUT2D eigenvalue weighted by atomic mass is 10.0. The molecule has 204 valence electrons. The smallest absolute Gasteiger partial charge is 0.0766 e. The first kappa shape index (κ1) is 33.5. The molecule has 1 heteroatoms. The van der Waals surface area contributed by atoms with Gasteiger partial charge in [0.2, 0.25) is 0 Å². The van der Waals surface area contributed by atoms with Crippen LogP contribution in [0.15, 0.2) is 12.8 Å². The summed E-state index contributed by atoms with van der Waals surface area (Å²) in [7, 11) is 1.56. The van der Waals surface area contributed by atoms with Gasteiger partial charge in [0.1, 0.15) is 0 Å². The lowest BCUT2D eigenvalue weighted by molar-refractivity contribution is 0.339. The molecule has 0 radical (unpaired) electrons. The van der Waals surface area contributed by atoms with Gasteiger partial charge >= 0.3 is 0 Å². The number of ether oxygens (including phenoxy) is 1. The third-order valence-electron chi connectivity index (χ3n) is 7.67. The van der Waals surface area contributed by atoms with Gasteiger partial charge in [-0.05, 0) is 0 Å². The van der Waals surface area contributed by atoms with Gasteiger partial charge in [0.05, 0.1) is 13.4 Å². The van der Waals surface area contributed by atoms with E-state index in [0.29, 0.717) is 0 Å². The Morgan fingerprint density at radius 1 is 0.294 bits per heavy atom. The minimum atomic E-state index is 1.38. The molecule has 34 heavy (non-hydrogen) atoms. The molecule has 3 saturated carbocycles. The summed E-state index contributed by atoms with van der Waals surface area (Å²) in [6.45, 7) is 3.26. The van der Waals surface area contributed by atoms with E-state index < -0.39 is 0 Å². The molecule has 0 unspecified atom stereocenters. The van der Waals surface area contributed by atoms with Gasteiger partial charge in [-0.3, -0.25) is 0 Å². The molecule has 0 spiro atoms. The Hall–Kier alpha value is -0.460. The van der Waals surface area contributed by atoms with Crippen LogP contribution < -0.4 is 0 Å². The zero-order valence-electron chi connectivity index (χ0n) is 23.9. The summed E-state index contributed by atoms with van der Waals surface area (Å²) in [6, 6.07) is 0. The summed E-state index contributed by atoms with van der Waals surface area (Å²) in [4.78, 5) is 0. The van der Waals surface area contributed by atoms with Crippen molar-refractivity contribution in [2.24, 2.45) is 0 Å². The van der Waals surface area contributed by atoms with E-state index in [1.54, 1.807) is 7.11 Å². The Labute approximate surface area is 217 Å². The van der Waals surface area contributed by atoms with Crippen LogP contribution in [0.5, 0.6) is 0 Å². The average Bonchev–Trinajstić information content (AvgIpc) is 2.90. The molecule has 0 aliphatic heterocycles. The number of hydrogen-bond acceptors (Lipinski definition) is 1. The summed E-state index contributed by atoms with van der Waals surface area (Å²) >= 11 is 0. The summed E-state index contributed by atoms with van der Waals surface area (Å²) < 4.78 is 4.31. The highest BCUT2D eigenvalue weighted by Crippen LogP contribution is 2.17. The van der Waals surface area contributed by atoms with Crippen molar-refractivity contribution in [3.8, 4) is 0 Å². The normalized spacial score (nSPS) is 21.8. The van der Waals surface area contributed by atoms with E-state index >= 15 is 0 Å². The van der Waals surface area contributed by atoms with E-state index in [2.05, 4.69) is 11.3 Å². The Balaban J connectivity index is 0.000000445. The van der Waals surface area contributed by atoms with E-state index in [1.165, 1.54) is 199 Å². The standard InChI is InChI=1S/3C10H20.C3H6O/c3*1-2-4-6-8-10-9-7-5-3-1;1-3-4-2/h3*1-10H2;3H,1H2,2H3. The zero-order valence-corrected chi connectivity index (χ0v) is 23.9. The Kier molecular flexibility index (Phi) is 32.1. The maximum Gasteiger partial charge on any atom is 0.0766 e. The molecule has 0 bridgehead atoms. The molecular formula is C33H66O. The van der Waals surface area contributed by atoms with Crippen LogP contribution in [-0.4, -0.2) is 7.11 Å². The Morgan fingerprint density at radius 2 is 0.353 bits per heavy atom. The van der Waals surface area contributed by atoms with Gasteiger partial charge in [0, 0.05) is 0 Å². The van der Waals surface area contributed by atoms with Crippen molar-refractivity contribution in [1.82, 2.24) is 0 Å². The SMILES string of the molecule is C1CCCCCCCCC1.C1CCCCCCCCC1.C1CCCCCCCCC1.C=COC. The quantitative estimate of drug-likeness (QED) is 0.340. The maximum absolute atomic E-state index is 4.31. The first-order valence-electron chi connectivity index (χ1n) is 16.1. The first-order chi connectivity index (χ1) is 16.9. The number of hydrogen-bond donors (Lipinski definition) is 0. The fourth-order valence-corrected chi connectivity index (χ4v) is 5.30. The molecular weight excluding hydrogens is 412 g/mol. The maximum atomic E-state index is 4.31. The first-order valence-corrected chi connectivity index (χ1v) is 16.1. The monoisotopic (exact) mass is 479 g/mol. The summed E-state index contributed by atoms with van der Waals surface area (Å²) in [5.41, 5.74) is 0. The van der Waals surface area contributed by atoms with Gasteiger partial charge in [0.25, 0.3) is 0 Å². The predicted molar refractivity (Wildman–Crippen MR) is 156 cm³/mol. The van der Waals surface area contributed by atoms with Gasteiger partial charge in [-0.2, -0.15) is 0 Å². The second-order valence-electron chi connectivity index (χ2n) is 11.0. The molecule has 0 aromatic rings. The molecule has 1 nitrogen and oxygen atoms in total. The topological polar surface area (TPSA) is 9.23 Å². The van der Waals surface area contributed by atoms with Crippen molar-refractivity contribution in [2.45, 2.75) is 193 Å². The molecule has 3 aliphatic rings. The molecule has 3 rings (SSSR count). The molecule has 3 fully saturated rings. The second-order valence-corrected chi connectivity index (χ2v) is 11.0. The zero-order chi connectivity index (χ0) is 24.6. The highest BCUT2D eigenvalue weighted by Gasteiger charge is 1.97. The van der Waals surface area contributed by atoms with Crippen LogP contribution in [0.3, 0.4) is 0 Å². The van der Waals surface area contributed by atoms with Crippen LogP contribution in [0.25, 0.3) is 0 Å². The van der Waals surface area contributed by atoms with E-state index in [1.807, 2.05) is 0 Å². The van der Waals surface area contributed by atoms with Crippen LogP contribution in [-0.2, 0) is 4.74 Å². The van der Waals surface area contributed by atoms with Gasteiger partial charge in [-0.1, -0.05) is 199 Å². The predicted octanol–water partition coefficient (Wildman–Crippen LogP) is 12.5. The molecule has 0 saturated heterocycles. The molecule has 0 atom stereocenters. The average molecular weight is 479 g/mol. The molecule has 0 N–H and O–H groups in total. The fourth-order valence-electron chi connectivity index (χ4n) is 5.30. The molecule has 0 heterocycles. The molecule has 0 aromatic heterocycles. The third-order valence-corrected chi connectivity index (χ3v) is 7.67. The van der Waals surface area contributed by atoms with Crippen molar-refractivity contribution >= 4 is 0 Å². The molecule has 3 aliphatic carbocycles. The minimum Gasteiger partial charge on any atom is -0.505 e. The van der Waals surface area contributed by atoms with E-state index in [9.17, 15) is 0 Å². The lowest BCUT2D eigenvalue weighted by Gasteiger charge is -2.05. The lowest BCUT2D eigenvalue weighted by Crippen LogP contribution is -1.85. The van der Waals surface area contributed by atoms with Crippen LogP contribution in [0.4, 0.5) is 0 Å². The van der Waals surface area contributed by atoms with Crippen LogP contribution in [0, 0.1) is 0 Å². The Bertz CT molecular complexity index is 203. The fraction of sp³-hybridized carbons (Fsp3) is 0.939. The van der Waals surface area contributed by atoms with Crippen LogP contribution in [0.1, 0.15) is 193 Å². The number of rotatable bonds is 1. The second kappa shape index (κ2) is 32.5. The van der Waals surface area contributed by atoms with Crippen molar-refractivity contribution in [2.75, 3.05) is 7.11 Å². The third kappa shape index (κ3) is 31.5. The van der Waals surface area contributed by atoms with Gasteiger partial charge < -0.3 is 4.74 Å². The molecule has 0 amide bonds. The molecule has 0 aromatic carbocycles. The van der Waals surface area contributed by atoms with E-state index in [0.717, 1.165) is 0 Å². The van der Waals surface area contributed by atoms with Gasteiger partial charge in [-0.15, -0.1) is 0 Å². The van der Waals surface area contributed by atoms with Crippen molar-refractivity contribution in [3.63, 3.8) is 0 Å². The highest BCUT2D eigenvalue weighted by atomic mass is 16.5. The Morgan fingerprint density at radius 3 is 0.382 bits per heavy atom. The largest absolute Gasteiger partial charge is 0.505 e. The minimum absolute atomic E-state index is 1.38. The summed E-state index contributed by atoms with van der Waals surface area (Å²) in [5.74, 6) is 0. The van der Waals surface area contributed by atoms with Crippen molar-refractivity contribution in [3.05, 3.63) is 12.8 Å². The van der Waals surface area contributed by atoms with E-state index in [4.69, 9.17) is 0 Å². The highest BCUT2D eigenvalue weighted by molar-refractivity contribution is 4.53. The summed E-state index contributed by atoms with van der Waals surface area (Å²) in [5, 5.41) is 0. The van der Waals surface area contributed by atoms with E-state index in [-0.39, 0.29) is 0 Å². The van der Waals surface area contributed by atoms with Gasteiger partial charge in [-0.25, -0.2) is 0 Å². The van der Waals surface area contributed by atoms with Crippen LogP contribution in [0.2, 0.25) is 0 Å². The van der Waals surface area contributed by atoms with Crippen molar-refractivity contribution in [1.29, 1.82) is 0 Å². The summed E-state index contributed by atoms with van der Waals surface area (Å²) in [6.07, 6.45) is 46.4. The van der Waals surface area contributed by atoms with Crippen molar-refractivity contribution < 1.29 is 4.74 Å². The number of methoxy groups -OCH3 is 1. The van der Waals surface area contributed by atoms with Gasteiger partial charge in [0.15, 0.2) is 0 Å². The van der Waals surface area contributed by atoms with Crippen LogP contribution >= 0.6 is 0 Å².